The lowest BCUT2D eigenvalue weighted by atomic mass is 9.88. The average molecular weight is 289 g/mol. The van der Waals surface area contributed by atoms with Gasteiger partial charge in [0.25, 0.3) is 0 Å². The smallest absolute Gasteiger partial charge is 0.411 e. The molecule has 0 saturated carbocycles. The summed E-state index contributed by atoms with van der Waals surface area (Å²) in [5.74, 6) is 0.622. The third-order valence-electron chi connectivity index (χ3n) is 3.24. The molecule has 0 heterocycles. The second-order valence-corrected chi connectivity index (χ2v) is 4.88. The van der Waals surface area contributed by atoms with Gasteiger partial charge in [0.1, 0.15) is 19.0 Å². The van der Waals surface area contributed by atoms with Crippen molar-refractivity contribution in [2.24, 2.45) is 5.73 Å². The minimum atomic E-state index is -4.29. The molecule has 0 amide bonds. The number of halogens is 3. The van der Waals surface area contributed by atoms with Crippen LogP contribution in [-0.4, -0.2) is 26.0 Å². The van der Waals surface area contributed by atoms with Gasteiger partial charge in [-0.05, 0) is 42.5 Å². The van der Waals surface area contributed by atoms with E-state index in [1.165, 1.54) is 5.56 Å². The van der Waals surface area contributed by atoms with Crippen molar-refractivity contribution in [3.8, 4) is 5.75 Å². The highest BCUT2D eigenvalue weighted by Gasteiger charge is 2.27. The molecule has 2 rings (SSSR count). The van der Waals surface area contributed by atoms with Gasteiger partial charge in [-0.1, -0.05) is 6.07 Å². The van der Waals surface area contributed by atoms with Crippen molar-refractivity contribution in [2.75, 3.05) is 19.8 Å². The summed E-state index contributed by atoms with van der Waals surface area (Å²) < 4.78 is 45.4. The molecule has 0 unspecified atom stereocenters. The van der Waals surface area contributed by atoms with Crippen molar-refractivity contribution >= 4 is 0 Å². The molecule has 1 atom stereocenters. The van der Waals surface area contributed by atoms with Crippen molar-refractivity contribution < 1.29 is 22.6 Å². The van der Waals surface area contributed by atoms with Crippen LogP contribution < -0.4 is 10.5 Å². The van der Waals surface area contributed by atoms with Gasteiger partial charge in [-0.25, -0.2) is 0 Å². The Balaban J connectivity index is 1.81. The van der Waals surface area contributed by atoms with Crippen molar-refractivity contribution in [3.63, 3.8) is 0 Å². The van der Waals surface area contributed by atoms with E-state index in [4.69, 9.17) is 10.5 Å². The average Bonchev–Trinajstić information content (AvgIpc) is 2.38. The van der Waals surface area contributed by atoms with Crippen LogP contribution in [0.4, 0.5) is 13.2 Å². The highest BCUT2D eigenvalue weighted by Crippen LogP contribution is 2.30. The first-order valence-electron chi connectivity index (χ1n) is 6.61. The lowest BCUT2D eigenvalue weighted by molar-refractivity contribution is -0.175. The van der Waals surface area contributed by atoms with Crippen LogP contribution in [0.15, 0.2) is 18.2 Å². The maximum absolute atomic E-state index is 11.9. The Hall–Kier alpha value is -1.27. The highest BCUT2D eigenvalue weighted by molar-refractivity contribution is 5.39. The topological polar surface area (TPSA) is 44.5 Å². The number of fused-ring (bicyclic) bond motifs is 1. The van der Waals surface area contributed by atoms with Crippen LogP contribution in [0.1, 0.15) is 30.0 Å². The molecule has 6 heteroatoms. The summed E-state index contributed by atoms with van der Waals surface area (Å²) in [6, 6.07) is 5.69. The second kappa shape index (κ2) is 6.45. The zero-order chi connectivity index (χ0) is 14.6. The molecule has 112 valence electrons. The zero-order valence-corrected chi connectivity index (χ0v) is 11.1. The van der Waals surface area contributed by atoms with Crippen LogP contribution in [-0.2, 0) is 11.2 Å². The molecular weight excluding hydrogens is 271 g/mol. The van der Waals surface area contributed by atoms with E-state index in [-0.39, 0.29) is 19.3 Å². The normalized spacial score (nSPS) is 18.7. The molecule has 0 saturated heterocycles. The van der Waals surface area contributed by atoms with Crippen LogP contribution in [0.5, 0.6) is 5.75 Å². The molecule has 1 aromatic carbocycles. The summed E-state index contributed by atoms with van der Waals surface area (Å²) in [6.45, 7) is -1.25. The molecule has 1 aliphatic carbocycles. The minimum absolute atomic E-state index is 0.0174. The standard InChI is InChI=1S/C14H18F3NO2/c15-14(16,17)9-19-6-7-20-11-5-4-10-2-1-3-13(18)12(10)8-11/h4-5,8,13H,1-3,6-7,9,18H2/t13-/m0/s1. The fourth-order valence-electron chi connectivity index (χ4n) is 2.31. The molecule has 1 aromatic rings. The molecule has 20 heavy (non-hydrogen) atoms. The lowest BCUT2D eigenvalue weighted by Crippen LogP contribution is -2.20. The third-order valence-corrected chi connectivity index (χ3v) is 3.24. The van der Waals surface area contributed by atoms with Gasteiger partial charge in [0.05, 0.1) is 6.61 Å². The number of aryl methyl sites for hydroxylation is 1. The summed E-state index contributed by atoms with van der Waals surface area (Å²) >= 11 is 0. The summed E-state index contributed by atoms with van der Waals surface area (Å²) in [6.07, 6.45) is -1.25. The molecule has 0 bridgehead atoms. The summed E-state index contributed by atoms with van der Waals surface area (Å²) in [5.41, 5.74) is 8.33. The van der Waals surface area contributed by atoms with Gasteiger partial charge >= 0.3 is 6.18 Å². The molecule has 0 fully saturated rings. The van der Waals surface area contributed by atoms with E-state index >= 15 is 0 Å². The molecule has 0 spiro atoms. The van der Waals surface area contributed by atoms with Gasteiger partial charge in [-0.3, -0.25) is 0 Å². The zero-order valence-electron chi connectivity index (χ0n) is 11.1. The Morgan fingerprint density at radius 3 is 2.80 bits per heavy atom. The Morgan fingerprint density at radius 2 is 2.05 bits per heavy atom. The van der Waals surface area contributed by atoms with Crippen LogP contribution in [0.25, 0.3) is 0 Å². The fraction of sp³-hybridized carbons (Fsp3) is 0.571. The number of ether oxygens (including phenoxy) is 2. The number of rotatable bonds is 5. The van der Waals surface area contributed by atoms with Gasteiger partial charge in [0.2, 0.25) is 0 Å². The van der Waals surface area contributed by atoms with Gasteiger partial charge in [0, 0.05) is 6.04 Å². The molecule has 0 radical (unpaired) electrons. The number of hydrogen-bond acceptors (Lipinski definition) is 3. The van der Waals surface area contributed by atoms with E-state index in [0.717, 1.165) is 24.8 Å². The monoisotopic (exact) mass is 289 g/mol. The highest BCUT2D eigenvalue weighted by atomic mass is 19.4. The predicted molar refractivity (Wildman–Crippen MR) is 68.7 cm³/mol. The summed E-state index contributed by atoms with van der Waals surface area (Å²) in [7, 11) is 0. The lowest BCUT2D eigenvalue weighted by Gasteiger charge is -2.22. The Morgan fingerprint density at radius 1 is 1.25 bits per heavy atom. The van der Waals surface area contributed by atoms with E-state index in [1.807, 2.05) is 18.2 Å². The Bertz CT molecular complexity index is 449. The second-order valence-electron chi connectivity index (χ2n) is 4.88. The van der Waals surface area contributed by atoms with E-state index in [1.54, 1.807) is 0 Å². The van der Waals surface area contributed by atoms with Gasteiger partial charge in [-0.2, -0.15) is 13.2 Å². The Kier molecular flexibility index (Phi) is 4.88. The minimum Gasteiger partial charge on any atom is -0.491 e. The van der Waals surface area contributed by atoms with Crippen molar-refractivity contribution in [1.29, 1.82) is 0 Å². The maximum Gasteiger partial charge on any atom is 0.411 e. The van der Waals surface area contributed by atoms with Crippen molar-refractivity contribution in [3.05, 3.63) is 29.3 Å². The molecule has 2 N–H and O–H groups in total. The van der Waals surface area contributed by atoms with Crippen molar-refractivity contribution in [2.45, 2.75) is 31.5 Å². The summed E-state index contributed by atoms with van der Waals surface area (Å²) in [5, 5.41) is 0. The van der Waals surface area contributed by atoms with Gasteiger partial charge in [0.15, 0.2) is 0 Å². The van der Waals surface area contributed by atoms with Gasteiger partial charge in [-0.15, -0.1) is 0 Å². The molecule has 0 aliphatic heterocycles. The molecular formula is C14H18F3NO2. The van der Waals surface area contributed by atoms with E-state index < -0.39 is 12.8 Å². The summed E-state index contributed by atoms with van der Waals surface area (Å²) in [4.78, 5) is 0. The van der Waals surface area contributed by atoms with Crippen LogP contribution in [0.2, 0.25) is 0 Å². The number of benzene rings is 1. The SMILES string of the molecule is N[C@H]1CCCc2ccc(OCCOCC(F)(F)F)cc21. The third kappa shape index (κ3) is 4.38. The van der Waals surface area contributed by atoms with Gasteiger partial charge < -0.3 is 15.2 Å². The first-order chi connectivity index (χ1) is 9.46. The quantitative estimate of drug-likeness (QED) is 0.848. The van der Waals surface area contributed by atoms with Crippen molar-refractivity contribution in [1.82, 2.24) is 0 Å². The van der Waals surface area contributed by atoms with E-state index in [2.05, 4.69) is 4.74 Å². The van der Waals surface area contributed by atoms with Crippen LogP contribution >= 0.6 is 0 Å². The van der Waals surface area contributed by atoms with Crippen LogP contribution in [0, 0.1) is 0 Å². The number of hydrogen-bond donors (Lipinski definition) is 1. The first kappa shape index (κ1) is 15.1. The fourth-order valence-corrected chi connectivity index (χ4v) is 2.31. The van der Waals surface area contributed by atoms with E-state index in [0.29, 0.717) is 5.75 Å². The molecule has 3 nitrogen and oxygen atoms in total. The number of nitrogens with two attached hydrogens (primary N) is 1. The number of alkyl halides is 3. The van der Waals surface area contributed by atoms with Crippen LogP contribution in [0.3, 0.4) is 0 Å². The molecule has 0 aromatic heterocycles. The maximum atomic E-state index is 11.9. The molecule has 1 aliphatic rings. The predicted octanol–water partition coefficient (Wildman–Crippen LogP) is 2.98. The Labute approximate surface area is 115 Å². The first-order valence-corrected chi connectivity index (χ1v) is 6.61. The van der Waals surface area contributed by atoms with E-state index in [9.17, 15) is 13.2 Å². The largest absolute Gasteiger partial charge is 0.491 e.